The number of aryl methyl sites for hydroxylation is 2. The van der Waals surface area contributed by atoms with Gasteiger partial charge in [-0.2, -0.15) is 5.10 Å². The predicted molar refractivity (Wildman–Crippen MR) is 81.7 cm³/mol. The Morgan fingerprint density at radius 2 is 2.24 bits per heavy atom. The maximum absolute atomic E-state index is 12.2. The minimum absolute atomic E-state index is 0.155. The Labute approximate surface area is 128 Å². The van der Waals surface area contributed by atoms with Gasteiger partial charge in [0, 0.05) is 30.4 Å². The van der Waals surface area contributed by atoms with Crippen LogP contribution in [0.2, 0.25) is 5.02 Å². The maximum Gasteiger partial charge on any atom is 0.255 e. The molecule has 0 radical (unpaired) electrons. The normalized spacial score (nSPS) is 10.5. The van der Waals surface area contributed by atoms with Crippen molar-refractivity contribution in [3.05, 3.63) is 46.2 Å². The third kappa shape index (κ3) is 3.76. The molecule has 1 heterocycles. The first-order valence-electron chi connectivity index (χ1n) is 6.71. The van der Waals surface area contributed by atoms with Crippen molar-refractivity contribution in [3.8, 4) is 5.75 Å². The van der Waals surface area contributed by atoms with Crippen molar-refractivity contribution in [2.75, 3.05) is 6.61 Å². The van der Waals surface area contributed by atoms with Crippen LogP contribution in [0.25, 0.3) is 0 Å². The molecule has 21 heavy (non-hydrogen) atoms. The Morgan fingerprint density at radius 1 is 1.48 bits per heavy atom. The van der Waals surface area contributed by atoms with Gasteiger partial charge in [-0.25, -0.2) is 0 Å². The molecule has 112 valence electrons. The van der Waals surface area contributed by atoms with E-state index in [1.807, 2.05) is 19.9 Å². The molecule has 1 aromatic heterocycles. The molecule has 0 aliphatic heterocycles. The van der Waals surface area contributed by atoms with E-state index in [-0.39, 0.29) is 5.91 Å². The van der Waals surface area contributed by atoms with E-state index in [4.69, 9.17) is 16.3 Å². The van der Waals surface area contributed by atoms with Crippen LogP contribution in [0.1, 0.15) is 28.5 Å². The Morgan fingerprint density at radius 3 is 2.86 bits per heavy atom. The molecule has 0 aliphatic rings. The van der Waals surface area contributed by atoms with E-state index < -0.39 is 0 Å². The summed E-state index contributed by atoms with van der Waals surface area (Å²) in [5.41, 5.74) is 2.16. The lowest BCUT2D eigenvalue weighted by Crippen LogP contribution is -2.23. The van der Waals surface area contributed by atoms with Gasteiger partial charge in [-0.3, -0.25) is 9.48 Å². The van der Waals surface area contributed by atoms with Crippen LogP contribution >= 0.6 is 11.6 Å². The molecule has 1 N–H and O–H groups in total. The maximum atomic E-state index is 12.2. The number of hydrogen-bond acceptors (Lipinski definition) is 3. The summed E-state index contributed by atoms with van der Waals surface area (Å²) in [7, 11) is 1.79. The molecule has 0 spiro atoms. The molecule has 2 rings (SSSR count). The SMILES string of the molecule is CCOc1cc(Cl)ccc1CNC(=O)c1cn(C)nc1C. The number of nitrogens with one attached hydrogen (secondary N) is 1. The van der Waals surface area contributed by atoms with Gasteiger partial charge in [0.05, 0.1) is 17.9 Å². The van der Waals surface area contributed by atoms with Crippen LogP contribution in [0.5, 0.6) is 5.75 Å². The molecular weight excluding hydrogens is 290 g/mol. The van der Waals surface area contributed by atoms with E-state index in [1.165, 1.54) is 0 Å². The van der Waals surface area contributed by atoms with Gasteiger partial charge in [-0.1, -0.05) is 17.7 Å². The Balaban J connectivity index is 2.09. The number of hydrogen-bond donors (Lipinski definition) is 1. The van der Waals surface area contributed by atoms with Gasteiger partial charge < -0.3 is 10.1 Å². The van der Waals surface area contributed by atoms with Crippen molar-refractivity contribution in [1.29, 1.82) is 0 Å². The first-order chi connectivity index (χ1) is 10.0. The van der Waals surface area contributed by atoms with E-state index in [9.17, 15) is 4.79 Å². The number of ether oxygens (including phenoxy) is 1. The second-order valence-electron chi connectivity index (χ2n) is 4.67. The second-order valence-corrected chi connectivity index (χ2v) is 5.11. The number of aromatic nitrogens is 2. The molecule has 0 atom stereocenters. The fraction of sp³-hybridized carbons (Fsp3) is 0.333. The van der Waals surface area contributed by atoms with E-state index in [0.29, 0.717) is 35.2 Å². The highest BCUT2D eigenvalue weighted by molar-refractivity contribution is 6.30. The number of nitrogens with zero attached hydrogens (tertiary/aromatic N) is 2. The summed E-state index contributed by atoms with van der Waals surface area (Å²) in [5.74, 6) is 0.534. The molecule has 6 heteroatoms. The summed E-state index contributed by atoms with van der Waals surface area (Å²) >= 11 is 5.96. The van der Waals surface area contributed by atoms with Crippen molar-refractivity contribution < 1.29 is 9.53 Å². The Kier molecular flexibility index (Phi) is 4.85. The monoisotopic (exact) mass is 307 g/mol. The summed E-state index contributed by atoms with van der Waals surface area (Å²) in [5, 5.41) is 7.64. The van der Waals surface area contributed by atoms with Gasteiger partial charge >= 0.3 is 0 Å². The smallest absolute Gasteiger partial charge is 0.255 e. The highest BCUT2D eigenvalue weighted by Crippen LogP contribution is 2.23. The lowest BCUT2D eigenvalue weighted by Gasteiger charge is -2.11. The minimum Gasteiger partial charge on any atom is -0.493 e. The zero-order valence-electron chi connectivity index (χ0n) is 12.3. The second kappa shape index (κ2) is 6.63. The minimum atomic E-state index is -0.155. The number of benzene rings is 1. The first kappa shape index (κ1) is 15.4. The van der Waals surface area contributed by atoms with Crippen LogP contribution in [-0.4, -0.2) is 22.3 Å². The number of amides is 1. The van der Waals surface area contributed by atoms with Gasteiger partial charge in [0.2, 0.25) is 0 Å². The van der Waals surface area contributed by atoms with Crippen LogP contribution < -0.4 is 10.1 Å². The average molecular weight is 308 g/mol. The lowest BCUT2D eigenvalue weighted by atomic mass is 10.2. The topological polar surface area (TPSA) is 56.1 Å². The zero-order valence-corrected chi connectivity index (χ0v) is 13.1. The Bertz CT molecular complexity index is 652. The molecule has 5 nitrogen and oxygen atoms in total. The van der Waals surface area contributed by atoms with E-state index in [1.54, 1.807) is 30.1 Å². The fourth-order valence-corrected chi connectivity index (χ4v) is 2.22. The molecule has 2 aromatic rings. The molecular formula is C15H18ClN3O2. The van der Waals surface area contributed by atoms with Crippen LogP contribution in [0.15, 0.2) is 24.4 Å². The van der Waals surface area contributed by atoms with Crippen LogP contribution in [0.4, 0.5) is 0 Å². The number of carbonyl (C=O) groups excluding carboxylic acids is 1. The summed E-state index contributed by atoms with van der Waals surface area (Å²) in [6, 6.07) is 5.38. The number of carbonyl (C=O) groups is 1. The van der Waals surface area contributed by atoms with Crippen molar-refractivity contribution >= 4 is 17.5 Å². The predicted octanol–water partition coefficient (Wildman–Crippen LogP) is 2.71. The molecule has 1 aromatic carbocycles. The van der Waals surface area contributed by atoms with E-state index >= 15 is 0 Å². The average Bonchev–Trinajstić information content (AvgIpc) is 2.77. The van der Waals surface area contributed by atoms with Crippen LogP contribution in [-0.2, 0) is 13.6 Å². The molecule has 1 amide bonds. The van der Waals surface area contributed by atoms with E-state index in [0.717, 1.165) is 5.56 Å². The highest BCUT2D eigenvalue weighted by Gasteiger charge is 2.13. The van der Waals surface area contributed by atoms with Gasteiger partial charge in [0.25, 0.3) is 5.91 Å². The molecule has 0 bridgehead atoms. The number of halogens is 1. The van der Waals surface area contributed by atoms with Gasteiger partial charge in [0.15, 0.2) is 0 Å². The molecule has 0 unspecified atom stereocenters. The zero-order chi connectivity index (χ0) is 15.4. The summed E-state index contributed by atoms with van der Waals surface area (Å²) in [6.45, 7) is 4.63. The van der Waals surface area contributed by atoms with Gasteiger partial charge in [-0.15, -0.1) is 0 Å². The first-order valence-corrected chi connectivity index (χ1v) is 7.08. The van der Waals surface area contributed by atoms with Gasteiger partial charge in [-0.05, 0) is 26.0 Å². The third-order valence-corrected chi connectivity index (χ3v) is 3.26. The largest absolute Gasteiger partial charge is 0.493 e. The summed E-state index contributed by atoms with van der Waals surface area (Å²) < 4.78 is 7.15. The summed E-state index contributed by atoms with van der Waals surface area (Å²) in [6.07, 6.45) is 1.70. The summed E-state index contributed by atoms with van der Waals surface area (Å²) in [4.78, 5) is 12.2. The van der Waals surface area contributed by atoms with Crippen molar-refractivity contribution in [3.63, 3.8) is 0 Å². The van der Waals surface area contributed by atoms with Gasteiger partial charge in [0.1, 0.15) is 5.75 Å². The fourth-order valence-electron chi connectivity index (χ4n) is 2.06. The number of rotatable bonds is 5. The third-order valence-electron chi connectivity index (χ3n) is 3.03. The quantitative estimate of drug-likeness (QED) is 0.924. The van der Waals surface area contributed by atoms with Crippen LogP contribution in [0.3, 0.4) is 0 Å². The molecule has 0 saturated carbocycles. The Hall–Kier alpha value is -2.01. The molecule has 0 saturated heterocycles. The van der Waals surface area contributed by atoms with Crippen molar-refractivity contribution in [2.45, 2.75) is 20.4 Å². The molecule has 0 fully saturated rings. The van der Waals surface area contributed by atoms with Crippen molar-refractivity contribution in [2.24, 2.45) is 7.05 Å². The van der Waals surface area contributed by atoms with E-state index in [2.05, 4.69) is 10.4 Å². The highest BCUT2D eigenvalue weighted by atomic mass is 35.5. The lowest BCUT2D eigenvalue weighted by molar-refractivity contribution is 0.0950. The van der Waals surface area contributed by atoms with Crippen molar-refractivity contribution in [1.82, 2.24) is 15.1 Å². The molecule has 0 aliphatic carbocycles. The van der Waals surface area contributed by atoms with Crippen LogP contribution in [0, 0.1) is 6.92 Å². The standard InChI is InChI=1S/C15H18ClN3O2/c1-4-21-14-7-12(16)6-5-11(14)8-17-15(20)13-9-19(3)18-10(13)2/h5-7,9H,4,8H2,1-3H3,(H,17,20).